The topological polar surface area (TPSA) is 29.3 Å². The van der Waals surface area contributed by atoms with Crippen LogP contribution in [-0.2, 0) is 6.42 Å². The molecule has 0 bridgehead atoms. The summed E-state index contributed by atoms with van der Waals surface area (Å²) in [6.07, 6.45) is 3.48. The van der Waals surface area contributed by atoms with Crippen LogP contribution in [-0.4, -0.2) is 23.5 Å². The molecule has 0 saturated carbocycles. The van der Waals surface area contributed by atoms with Gasteiger partial charge in [-0.25, -0.2) is 8.78 Å². The molecule has 0 aliphatic carbocycles. The molecule has 0 radical (unpaired) electrons. The number of rotatable bonds is 7. The Bertz CT molecular complexity index is 886. The molecule has 0 spiro atoms. The molecule has 1 saturated heterocycles. The van der Waals surface area contributed by atoms with Crippen molar-refractivity contribution in [2.24, 2.45) is 5.73 Å². The number of hydrogen-bond acceptors (Lipinski definition) is 2. The first kappa shape index (κ1) is 20.7. The van der Waals surface area contributed by atoms with Gasteiger partial charge in [0.05, 0.1) is 6.04 Å². The van der Waals surface area contributed by atoms with Crippen LogP contribution >= 0.6 is 0 Å². The van der Waals surface area contributed by atoms with E-state index in [2.05, 4.69) is 53.4 Å². The van der Waals surface area contributed by atoms with E-state index in [1.807, 2.05) is 12.1 Å². The Morgan fingerprint density at radius 3 is 2.00 bits per heavy atom. The van der Waals surface area contributed by atoms with Gasteiger partial charge in [-0.3, -0.25) is 4.90 Å². The lowest BCUT2D eigenvalue weighted by molar-refractivity contribution is 0.190. The van der Waals surface area contributed by atoms with Crippen molar-refractivity contribution in [2.45, 2.75) is 43.8 Å². The third-order valence-corrected chi connectivity index (χ3v) is 5.98. The van der Waals surface area contributed by atoms with Crippen molar-refractivity contribution in [3.8, 4) is 0 Å². The third-order valence-electron chi connectivity index (χ3n) is 5.98. The van der Waals surface area contributed by atoms with E-state index in [1.165, 1.54) is 23.3 Å². The summed E-state index contributed by atoms with van der Waals surface area (Å²) in [5.41, 5.74) is 9.62. The normalized spacial score (nSPS) is 18.1. The fraction of sp³-hybridized carbons (Fsp3) is 0.308. The van der Waals surface area contributed by atoms with Crippen molar-refractivity contribution in [1.29, 1.82) is 0 Å². The Hall–Kier alpha value is -2.56. The highest BCUT2D eigenvalue weighted by Crippen LogP contribution is 2.36. The standard InChI is InChI=1S/C26H28F2N2/c27-22-14-19(15-23(28)17-22)16-24(29)18-25-12-7-13-30(25)26(20-8-3-1-4-9-20)21-10-5-2-6-11-21/h1-6,8-11,14-15,17,24-26H,7,12-13,16,18,29H2/t24-,25+/m0/s1. The van der Waals surface area contributed by atoms with Gasteiger partial charge in [-0.1, -0.05) is 60.7 Å². The second-order valence-corrected chi connectivity index (χ2v) is 8.24. The van der Waals surface area contributed by atoms with E-state index in [9.17, 15) is 8.78 Å². The average molecular weight is 407 g/mol. The summed E-state index contributed by atoms with van der Waals surface area (Å²) >= 11 is 0. The molecule has 0 amide bonds. The lowest BCUT2D eigenvalue weighted by Crippen LogP contribution is -2.39. The SMILES string of the molecule is N[C@@H](Cc1cc(F)cc(F)c1)C[C@H]1CCCN1C(c1ccccc1)c1ccccc1. The molecule has 2 nitrogen and oxygen atoms in total. The molecular formula is C26H28F2N2. The largest absolute Gasteiger partial charge is 0.327 e. The van der Waals surface area contributed by atoms with E-state index in [0.717, 1.165) is 31.9 Å². The Labute approximate surface area is 177 Å². The molecule has 4 rings (SSSR count). The van der Waals surface area contributed by atoms with Gasteiger partial charge in [-0.15, -0.1) is 0 Å². The van der Waals surface area contributed by atoms with Crippen LogP contribution in [0.4, 0.5) is 8.78 Å². The molecule has 2 N–H and O–H groups in total. The third kappa shape index (κ3) is 4.94. The lowest BCUT2D eigenvalue weighted by atomic mass is 9.94. The predicted molar refractivity (Wildman–Crippen MR) is 117 cm³/mol. The first-order valence-corrected chi connectivity index (χ1v) is 10.7. The molecule has 0 aromatic heterocycles. The van der Waals surface area contributed by atoms with Crippen molar-refractivity contribution in [2.75, 3.05) is 6.54 Å². The minimum Gasteiger partial charge on any atom is -0.327 e. The molecule has 1 fully saturated rings. The van der Waals surface area contributed by atoms with Gasteiger partial charge < -0.3 is 5.73 Å². The Kier molecular flexibility index (Phi) is 6.56. The van der Waals surface area contributed by atoms with Crippen molar-refractivity contribution in [3.05, 3.63) is 107 Å². The van der Waals surface area contributed by atoms with Gasteiger partial charge >= 0.3 is 0 Å². The van der Waals surface area contributed by atoms with Crippen molar-refractivity contribution in [3.63, 3.8) is 0 Å². The summed E-state index contributed by atoms with van der Waals surface area (Å²) in [6, 6.07) is 25.2. The summed E-state index contributed by atoms with van der Waals surface area (Å²) in [5.74, 6) is -1.10. The first-order valence-electron chi connectivity index (χ1n) is 10.7. The van der Waals surface area contributed by atoms with Gasteiger partial charge in [0.2, 0.25) is 0 Å². The van der Waals surface area contributed by atoms with Crippen LogP contribution in [0.3, 0.4) is 0 Å². The fourth-order valence-electron chi connectivity index (χ4n) is 4.76. The number of benzene rings is 3. The first-order chi connectivity index (χ1) is 14.6. The maximum absolute atomic E-state index is 13.5. The van der Waals surface area contributed by atoms with Crippen molar-refractivity contribution in [1.82, 2.24) is 4.90 Å². The lowest BCUT2D eigenvalue weighted by Gasteiger charge is -2.35. The molecule has 0 unspecified atom stereocenters. The number of hydrogen-bond donors (Lipinski definition) is 1. The highest BCUT2D eigenvalue weighted by atomic mass is 19.1. The van der Waals surface area contributed by atoms with E-state index in [1.54, 1.807) is 0 Å². The van der Waals surface area contributed by atoms with Crippen LogP contribution in [0.2, 0.25) is 0 Å². The molecular weight excluding hydrogens is 378 g/mol. The maximum Gasteiger partial charge on any atom is 0.126 e. The zero-order valence-electron chi connectivity index (χ0n) is 17.1. The number of halogens is 2. The molecule has 3 aromatic rings. The van der Waals surface area contributed by atoms with Crippen molar-refractivity contribution < 1.29 is 8.78 Å². The fourth-order valence-corrected chi connectivity index (χ4v) is 4.76. The Balaban J connectivity index is 1.53. The Morgan fingerprint density at radius 1 is 0.867 bits per heavy atom. The zero-order valence-corrected chi connectivity index (χ0v) is 17.1. The average Bonchev–Trinajstić information content (AvgIpc) is 3.16. The smallest absolute Gasteiger partial charge is 0.126 e. The minimum absolute atomic E-state index is 0.149. The molecule has 4 heteroatoms. The molecule has 30 heavy (non-hydrogen) atoms. The van der Waals surface area contributed by atoms with Gasteiger partial charge in [0, 0.05) is 18.2 Å². The monoisotopic (exact) mass is 406 g/mol. The van der Waals surface area contributed by atoms with Gasteiger partial charge in [0.1, 0.15) is 11.6 Å². The Morgan fingerprint density at radius 2 is 1.43 bits per heavy atom. The molecule has 156 valence electrons. The van der Waals surface area contributed by atoms with Crippen LogP contribution < -0.4 is 5.73 Å². The van der Waals surface area contributed by atoms with E-state index in [4.69, 9.17) is 5.73 Å². The summed E-state index contributed by atoms with van der Waals surface area (Å²) in [4.78, 5) is 2.55. The molecule has 2 atom stereocenters. The van der Waals surface area contributed by atoms with Gasteiger partial charge in [-0.05, 0) is 61.1 Å². The van der Waals surface area contributed by atoms with Crippen LogP contribution in [0.5, 0.6) is 0 Å². The molecule has 1 aliphatic heterocycles. The second-order valence-electron chi connectivity index (χ2n) is 8.24. The van der Waals surface area contributed by atoms with E-state index in [0.29, 0.717) is 18.0 Å². The number of nitrogens with zero attached hydrogens (tertiary/aromatic N) is 1. The van der Waals surface area contributed by atoms with Gasteiger partial charge in [0.25, 0.3) is 0 Å². The number of likely N-dealkylation sites (tertiary alicyclic amines) is 1. The van der Waals surface area contributed by atoms with E-state index >= 15 is 0 Å². The van der Waals surface area contributed by atoms with Gasteiger partial charge in [0.15, 0.2) is 0 Å². The van der Waals surface area contributed by atoms with Crippen LogP contribution in [0, 0.1) is 11.6 Å². The van der Waals surface area contributed by atoms with Crippen LogP contribution in [0.15, 0.2) is 78.9 Å². The molecule has 1 aliphatic rings. The number of nitrogens with two attached hydrogens (primary N) is 1. The highest BCUT2D eigenvalue weighted by Gasteiger charge is 2.33. The summed E-state index contributed by atoms with van der Waals surface area (Å²) in [6.45, 7) is 1.01. The highest BCUT2D eigenvalue weighted by molar-refractivity contribution is 5.32. The van der Waals surface area contributed by atoms with Gasteiger partial charge in [-0.2, -0.15) is 0 Å². The predicted octanol–water partition coefficient (Wildman–Crippen LogP) is 5.48. The van der Waals surface area contributed by atoms with E-state index < -0.39 is 11.6 Å². The second kappa shape index (κ2) is 9.50. The summed E-state index contributed by atoms with van der Waals surface area (Å²) < 4.78 is 27.1. The quantitative estimate of drug-likeness (QED) is 0.563. The molecule has 1 heterocycles. The maximum atomic E-state index is 13.5. The summed E-state index contributed by atoms with van der Waals surface area (Å²) in [7, 11) is 0. The molecule has 3 aromatic carbocycles. The van der Waals surface area contributed by atoms with Crippen LogP contribution in [0.25, 0.3) is 0 Å². The van der Waals surface area contributed by atoms with Crippen molar-refractivity contribution >= 4 is 0 Å². The zero-order chi connectivity index (χ0) is 20.9. The van der Waals surface area contributed by atoms with E-state index in [-0.39, 0.29) is 12.1 Å². The summed E-state index contributed by atoms with van der Waals surface area (Å²) in [5, 5.41) is 0. The van der Waals surface area contributed by atoms with Crippen LogP contribution in [0.1, 0.15) is 42.0 Å². The minimum atomic E-state index is -0.548.